The van der Waals surface area contributed by atoms with E-state index in [4.69, 9.17) is 5.11 Å². The van der Waals surface area contributed by atoms with Gasteiger partial charge in [0.2, 0.25) is 11.8 Å². The van der Waals surface area contributed by atoms with Crippen molar-refractivity contribution >= 4 is 23.5 Å². The van der Waals surface area contributed by atoms with E-state index >= 15 is 0 Å². The molecule has 1 aromatic carbocycles. The van der Waals surface area contributed by atoms with Crippen molar-refractivity contribution in [3.8, 4) is 0 Å². The van der Waals surface area contributed by atoms with E-state index < -0.39 is 11.9 Å². The molecule has 0 radical (unpaired) electrons. The molecule has 2 amide bonds. The predicted octanol–water partition coefficient (Wildman–Crippen LogP) is 1.83. The van der Waals surface area contributed by atoms with Crippen LogP contribution in [0.15, 0.2) is 24.3 Å². The fourth-order valence-corrected chi connectivity index (χ4v) is 2.64. The molecule has 0 saturated carbocycles. The molecule has 24 heavy (non-hydrogen) atoms. The third-order valence-corrected chi connectivity index (χ3v) is 4.41. The standard InChI is InChI=1S/C18H24N2O4/c1-3-12(2)10-19-16(21)8-13-5-4-6-15(7-13)20-11-14(18(23)24)9-17(20)22/h4-7,12,14H,3,8-11H2,1-2H3,(H,19,21)(H,23,24). The van der Waals surface area contributed by atoms with Crippen LogP contribution < -0.4 is 10.2 Å². The molecule has 0 spiro atoms. The fourth-order valence-electron chi connectivity index (χ4n) is 2.64. The van der Waals surface area contributed by atoms with Crippen molar-refractivity contribution in [2.75, 3.05) is 18.0 Å². The van der Waals surface area contributed by atoms with Crippen LogP contribution in [0.25, 0.3) is 0 Å². The lowest BCUT2D eigenvalue weighted by Crippen LogP contribution is -2.29. The molecule has 1 heterocycles. The van der Waals surface area contributed by atoms with Crippen molar-refractivity contribution < 1.29 is 19.5 Å². The van der Waals surface area contributed by atoms with Crippen LogP contribution in [0.2, 0.25) is 0 Å². The highest BCUT2D eigenvalue weighted by Gasteiger charge is 2.35. The maximum Gasteiger partial charge on any atom is 0.308 e. The summed E-state index contributed by atoms with van der Waals surface area (Å²) >= 11 is 0. The Bertz CT molecular complexity index is 629. The highest BCUT2D eigenvalue weighted by Crippen LogP contribution is 2.26. The summed E-state index contributed by atoms with van der Waals surface area (Å²) in [6.45, 7) is 4.99. The van der Waals surface area contributed by atoms with Crippen LogP contribution in [0, 0.1) is 11.8 Å². The quantitative estimate of drug-likeness (QED) is 0.797. The number of carbonyl (C=O) groups excluding carboxylic acids is 2. The lowest BCUT2D eigenvalue weighted by Gasteiger charge is -2.17. The van der Waals surface area contributed by atoms with Crippen molar-refractivity contribution in [2.45, 2.75) is 33.1 Å². The zero-order valence-electron chi connectivity index (χ0n) is 14.1. The third kappa shape index (κ3) is 4.57. The van der Waals surface area contributed by atoms with Crippen LogP contribution in [0.5, 0.6) is 0 Å². The van der Waals surface area contributed by atoms with Crippen molar-refractivity contribution in [2.24, 2.45) is 11.8 Å². The summed E-state index contributed by atoms with van der Waals surface area (Å²) in [5, 5.41) is 12.0. The maximum absolute atomic E-state index is 12.0. The monoisotopic (exact) mass is 332 g/mol. The Hall–Kier alpha value is -2.37. The number of carboxylic acids is 1. The molecular formula is C18H24N2O4. The average molecular weight is 332 g/mol. The van der Waals surface area contributed by atoms with Crippen LogP contribution in [0.1, 0.15) is 32.3 Å². The smallest absolute Gasteiger partial charge is 0.308 e. The van der Waals surface area contributed by atoms with Gasteiger partial charge < -0.3 is 15.3 Å². The minimum atomic E-state index is -0.952. The third-order valence-electron chi connectivity index (χ3n) is 4.41. The van der Waals surface area contributed by atoms with Gasteiger partial charge in [-0.15, -0.1) is 0 Å². The number of carboxylic acid groups (broad SMARTS) is 1. The number of rotatable bonds is 7. The second kappa shape index (κ2) is 7.95. The molecule has 2 N–H and O–H groups in total. The zero-order chi connectivity index (χ0) is 17.7. The molecule has 0 bridgehead atoms. The van der Waals surface area contributed by atoms with Crippen LogP contribution in [-0.2, 0) is 20.8 Å². The molecule has 1 aliphatic rings. The fraction of sp³-hybridized carbons (Fsp3) is 0.500. The molecule has 0 aliphatic carbocycles. The summed E-state index contributed by atoms with van der Waals surface area (Å²) < 4.78 is 0. The van der Waals surface area contributed by atoms with E-state index in [2.05, 4.69) is 19.2 Å². The topological polar surface area (TPSA) is 86.7 Å². The van der Waals surface area contributed by atoms with Crippen LogP contribution >= 0.6 is 0 Å². The van der Waals surface area contributed by atoms with E-state index in [-0.39, 0.29) is 31.2 Å². The number of carbonyl (C=O) groups is 3. The normalized spacial score (nSPS) is 18.5. The van der Waals surface area contributed by atoms with E-state index in [9.17, 15) is 14.4 Å². The number of nitrogens with zero attached hydrogens (tertiary/aromatic N) is 1. The molecular weight excluding hydrogens is 308 g/mol. The van der Waals surface area contributed by atoms with Gasteiger partial charge in [-0.05, 0) is 23.6 Å². The Labute approximate surface area is 141 Å². The molecule has 6 nitrogen and oxygen atoms in total. The number of amides is 2. The minimum absolute atomic E-state index is 0.0228. The van der Waals surface area contributed by atoms with Crippen LogP contribution in [-0.4, -0.2) is 36.0 Å². The van der Waals surface area contributed by atoms with E-state index in [1.165, 1.54) is 4.90 Å². The Balaban J connectivity index is 2.00. The molecule has 6 heteroatoms. The van der Waals surface area contributed by atoms with Gasteiger partial charge in [-0.1, -0.05) is 32.4 Å². The van der Waals surface area contributed by atoms with Gasteiger partial charge in [-0.3, -0.25) is 14.4 Å². The second-order valence-corrected chi connectivity index (χ2v) is 6.41. The average Bonchev–Trinajstić information content (AvgIpc) is 2.95. The largest absolute Gasteiger partial charge is 0.481 e. The van der Waals surface area contributed by atoms with E-state index in [0.717, 1.165) is 12.0 Å². The van der Waals surface area contributed by atoms with Crippen molar-refractivity contribution in [3.63, 3.8) is 0 Å². The zero-order valence-corrected chi connectivity index (χ0v) is 14.1. The van der Waals surface area contributed by atoms with Crippen molar-refractivity contribution in [3.05, 3.63) is 29.8 Å². The van der Waals surface area contributed by atoms with Gasteiger partial charge in [-0.25, -0.2) is 0 Å². The first kappa shape index (κ1) is 18.0. The number of benzene rings is 1. The van der Waals surface area contributed by atoms with Crippen molar-refractivity contribution in [1.82, 2.24) is 5.32 Å². The van der Waals surface area contributed by atoms with E-state index in [1.807, 2.05) is 6.07 Å². The van der Waals surface area contributed by atoms with Gasteiger partial charge in [0.1, 0.15) is 0 Å². The molecule has 1 fully saturated rings. The molecule has 0 aromatic heterocycles. The van der Waals surface area contributed by atoms with Crippen LogP contribution in [0.3, 0.4) is 0 Å². The number of nitrogens with one attached hydrogen (secondary N) is 1. The Morgan fingerprint density at radius 2 is 2.17 bits per heavy atom. The number of aliphatic carboxylic acids is 1. The maximum atomic E-state index is 12.0. The molecule has 2 atom stereocenters. The summed E-state index contributed by atoms with van der Waals surface area (Å²) in [7, 11) is 0. The Morgan fingerprint density at radius 3 is 2.79 bits per heavy atom. The van der Waals surface area contributed by atoms with Gasteiger partial charge >= 0.3 is 5.97 Å². The van der Waals surface area contributed by atoms with Gasteiger partial charge in [0.15, 0.2) is 0 Å². The number of anilines is 1. The highest BCUT2D eigenvalue weighted by molar-refractivity contribution is 5.99. The number of hydrogen-bond acceptors (Lipinski definition) is 3. The molecule has 2 rings (SSSR count). The first-order valence-electron chi connectivity index (χ1n) is 8.29. The van der Waals surface area contributed by atoms with Crippen LogP contribution in [0.4, 0.5) is 5.69 Å². The van der Waals surface area contributed by atoms with Gasteiger partial charge in [0, 0.05) is 25.2 Å². The van der Waals surface area contributed by atoms with Gasteiger partial charge in [0.05, 0.1) is 12.3 Å². The van der Waals surface area contributed by atoms with E-state index in [0.29, 0.717) is 18.2 Å². The Morgan fingerprint density at radius 1 is 1.42 bits per heavy atom. The summed E-state index contributed by atoms with van der Waals surface area (Å²) in [4.78, 5) is 36.6. The molecule has 1 saturated heterocycles. The first-order valence-corrected chi connectivity index (χ1v) is 8.29. The lowest BCUT2D eigenvalue weighted by atomic mass is 10.1. The summed E-state index contributed by atoms with van der Waals surface area (Å²) in [6, 6.07) is 7.17. The molecule has 1 aromatic rings. The predicted molar refractivity (Wildman–Crippen MR) is 90.7 cm³/mol. The van der Waals surface area contributed by atoms with Gasteiger partial charge in [0.25, 0.3) is 0 Å². The van der Waals surface area contributed by atoms with Crippen molar-refractivity contribution in [1.29, 1.82) is 0 Å². The highest BCUT2D eigenvalue weighted by atomic mass is 16.4. The number of hydrogen-bond donors (Lipinski definition) is 2. The Kier molecular flexibility index (Phi) is 5.95. The summed E-state index contributed by atoms with van der Waals surface area (Å²) in [5.74, 6) is -1.42. The summed E-state index contributed by atoms with van der Waals surface area (Å²) in [6.07, 6.45) is 1.28. The molecule has 130 valence electrons. The van der Waals surface area contributed by atoms with E-state index in [1.54, 1.807) is 18.2 Å². The summed E-state index contributed by atoms with van der Waals surface area (Å²) in [5.41, 5.74) is 1.46. The second-order valence-electron chi connectivity index (χ2n) is 6.41. The lowest BCUT2D eigenvalue weighted by molar-refractivity contribution is -0.141. The SMILES string of the molecule is CCC(C)CNC(=O)Cc1cccc(N2CC(C(=O)O)CC2=O)c1. The molecule has 1 aliphatic heterocycles. The first-order chi connectivity index (χ1) is 11.4. The minimum Gasteiger partial charge on any atom is -0.481 e. The van der Waals surface area contributed by atoms with Gasteiger partial charge in [-0.2, -0.15) is 0 Å². The molecule has 2 unspecified atom stereocenters.